The molecule has 0 bridgehead atoms. The summed E-state index contributed by atoms with van der Waals surface area (Å²) in [6.07, 6.45) is 0. The molecule has 2 aromatic carbocycles. The Labute approximate surface area is 147 Å². The second kappa shape index (κ2) is 7.75. The molecule has 0 unspecified atom stereocenters. The van der Waals surface area contributed by atoms with Gasteiger partial charge in [-0.05, 0) is 37.1 Å². The second-order valence-corrected chi connectivity index (χ2v) is 6.04. The number of hydrogen-bond donors (Lipinski definition) is 2. The lowest BCUT2D eigenvalue weighted by Gasteiger charge is -2.10. The highest BCUT2D eigenvalue weighted by Gasteiger charge is 2.03. The second-order valence-electron chi connectivity index (χ2n) is 6.04. The van der Waals surface area contributed by atoms with Crippen LogP contribution in [0.4, 0.5) is 16.2 Å². The highest BCUT2D eigenvalue weighted by atomic mass is 19.1. The van der Waals surface area contributed by atoms with Gasteiger partial charge < -0.3 is 10.6 Å². The van der Waals surface area contributed by atoms with E-state index in [0.717, 1.165) is 17.1 Å². The zero-order valence-corrected chi connectivity index (χ0v) is 14.4. The first-order chi connectivity index (χ1) is 12.1. The van der Waals surface area contributed by atoms with Crippen LogP contribution < -0.4 is 10.6 Å². The molecule has 2 N–H and O–H groups in total. The molecule has 0 aliphatic heterocycles. The normalized spacial score (nSPS) is 10.5. The summed E-state index contributed by atoms with van der Waals surface area (Å²) in [5.74, 6) is 1.09. The van der Waals surface area contributed by atoms with Gasteiger partial charge in [0.05, 0.1) is 0 Å². The quantitative estimate of drug-likeness (QED) is 0.698. The molecular formula is C20H21FN4. The van der Waals surface area contributed by atoms with E-state index in [1.165, 1.54) is 23.3 Å². The number of halogens is 1. The van der Waals surface area contributed by atoms with E-state index >= 15 is 0 Å². The molecule has 0 spiro atoms. The summed E-state index contributed by atoms with van der Waals surface area (Å²) in [5, 5.41) is 6.51. The molecule has 3 rings (SSSR count). The molecule has 0 aliphatic rings. The Morgan fingerprint density at radius 2 is 1.40 bits per heavy atom. The molecule has 0 amide bonds. The van der Waals surface area contributed by atoms with Crippen molar-refractivity contribution in [3.05, 3.63) is 82.8 Å². The van der Waals surface area contributed by atoms with Gasteiger partial charge in [0, 0.05) is 24.8 Å². The molecule has 0 radical (unpaired) electrons. The van der Waals surface area contributed by atoms with Crippen LogP contribution in [-0.2, 0) is 13.1 Å². The highest BCUT2D eigenvalue weighted by Crippen LogP contribution is 2.13. The molecule has 25 heavy (non-hydrogen) atoms. The van der Waals surface area contributed by atoms with Gasteiger partial charge in [-0.2, -0.15) is 4.98 Å². The third-order valence-electron chi connectivity index (χ3n) is 3.81. The molecule has 0 saturated heterocycles. The van der Waals surface area contributed by atoms with Gasteiger partial charge >= 0.3 is 0 Å². The van der Waals surface area contributed by atoms with E-state index in [9.17, 15) is 4.39 Å². The summed E-state index contributed by atoms with van der Waals surface area (Å²) in [6.45, 7) is 5.25. The van der Waals surface area contributed by atoms with E-state index < -0.39 is 0 Å². The van der Waals surface area contributed by atoms with Crippen molar-refractivity contribution in [2.45, 2.75) is 26.9 Å². The fourth-order valence-electron chi connectivity index (χ4n) is 2.42. The summed E-state index contributed by atoms with van der Waals surface area (Å²) < 4.78 is 13.0. The fraction of sp³-hybridized carbons (Fsp3) is 0.200. The van der Waals surface area contributed by atoms with Crippen molar-refractivity contribution >= 4 is 11.8 Å². The topological polar surface area (TPSA) is 49.8 Å². The zero-order valence-electron chi connectivity index (χ0n) is 14.4. The lowest BCUT2D eigenvalue weighted by Crippen LogP contribution is -2.08. The maximum Gasteiger partial charge on any atom is 0.225 e. The molecule has 1 heterocycles. The lowest BCUT2D eigenvalue weighted by molar-refractivity contribution is 0.627. The third kappa shape index (κ3) is 5.01. The van der Waals surface area contributed by atoms with Crippen molar-refractivity contribution in [1.29, 1.82) is 0 Å². The molecule has 1 aromatic heterocycles. The van der Waals surface area contributed by atoms with E-state index in [1.807, 2.05) is 13.0 Å². The number of anilines is 2. The molecule has 0 fully saturated rings. The number of rotatable bonds is 6. The largest absolute Gasteiger partial charge is 0.366 e. The summed E-state index contributed by atoms with van der Waals surface area (Å²) in [5.41, 5.74) is 4.29. The molecule has 0 atom stereocenters. The summed E-state index contributed by atoms with van der Waals surface area (Å²) in [7, 11) is 0. The van der Waals surface area contributed by atoms with Crippen molar-refractivity contribution in [2.24, 2.45) is 0 Å². The van der Waals surface area contributed by atoms with Crippen molar-refractivity contribution < 1.29 is 4.39 Å². The standard InChI is InChI=1S/C20H21FN4/c1-14-3-5-16(6-4-14)13-23-20-24-15(2)11-19(25-20)22-12-17-7-9-18(21)10-8-17/h3-11H,12-13H2,1-2H3,(H2,22,23,24,25). The number of benzene rings is 2. The Morgan fingerprint density at radius 1 is 0.800 bits per heavy atom. The Kier molecular flexibility index (Phi) is 5.23. The predicted molar refractivity (Wildman–Crippen MR) is 99.0 cm³/mol. The first-order valence-corrected chi connectivity index (χ1v) is 8.22. The number of nitrogens with one attached hydrogen (secondary N) is 2. The maximum atomic E-state index is 13.0. The van der Waals surface area contributed by atoms with Crippen molar-refractivity contribution in [3.63, 3.8) is 0 Å². The summed E-state index contributed by atoms with van der Waals surface area (Å²) >= 11 is 0. The van der Waals surface area contributed by atoms with Crippen LogP contribution in [0, 0.1) is 19.7 Å². The Bertz CT molecular complexity index is 762. The van der Waals surface area contributed by atoms with Crippen LogP contribution in [0.2, 0.25) is 0 Å². The number of nitrogens with zero attached hydrogens (tertiary/aromatic N) is 2. The minimum Gasteiger partial charge on any atom is -0.366 e. The summed E-state index contributed by atoms with van der Waals surface area (Å²) in [6, 6.07) is 16.7. The van der Waals surface area contributed by atoms with Crippen molar-refractivity contribution in [1.82, 2.24) is 9.97 Å². The van der Waals surface area contributed by atoms with E-state index in [4.69, 9.17) is 0 Å². The molecule has 5 heteroatoms. The Hall–Kier alpha value is -2.95. The maximum absolute atomic E-state index is 13.0. The van der Waals surface area contributed by atoms with Crippen molar-refractivity contribution in [3.8, 4) is 0 Å². The van der Waals surface area contributed by atoms with E-state index in [1.54, 1.807) is 12.1 Å². The van der Waals surface area contributed by atoms with Crippen LogP contribution in [0.5, 0.6) is 0 Å². The van der Waals surface area contributed by atoms with E-state index in [-0.39, 0.29) is 5.82 Å². The minimum absolute atomic E-state index is 0.232. The van der Waals surface area contributed by atoms with Gasteiger partial charge in [0.2, 0.25) is 5.95 Å². The van der Waals surface area contributed by atoms with Crippen LogP contribution in [-0.4, -0.2) is 9.97 Å². The fourth-order valence-corrected chi connectivity index (χ4v) is 2.42. The molecular weight excluding hydrogens is 315 g/mol. The van der Waals surface area contributed by atoms with Crippen LogP contribution >= 0.6 is 0 Å². The zero-order chi connectivity index (χ0) is 17.6. The SMILES string of the molecule is Cc1ccc(CNc2nc(C)cc(NCc3ccc(F)cc3)n2)cc1. The van der Waals surface area contributed by atoms with Gasteiger partial charge in [-0.3, -0.25) is 0 Å². The average molecular weight is 336 g/mol. The monoisotopic (exact) mass is 336 g/mol. The van der Waals surface area contributed by atoms with Crippen LogP contribution in [0.25, 0.3) is 0 Å². The number of aryl methyl sites for hydroxylation is 2. The van der Waals surface area contributed by atoms with Crippen LogP contribution in [0.3, 0.4) is 0 Å². The highest BCUT2D eigenvalue weighted by molar-refractivity contribution is 5.43. The van der Waals surface area contributed by atoms with E-state index in [2.05, 4.69) is 51.8 Å². The van der Waals surface area contributed by atoms with Gasteiger partial charge in [-0.1, -0.05) is 42.0 Å². The lowest BCUT2D eigenvalue weighted by atomic mass is 10.1. The third-order valence-corrected chi connectivity index (χ3v) is 3.81. The average Bonchev–Trinajstić information content (AvgIpc) is 2.60. The molecule has 0 saturated carbocycles. The molecule has 128 valence electrons. The van der Waals surface area contributed by atoms with E-state index in [0.29, 0.717) is 19.0 Å². The summed E-state index contributed by atoms with van der Waals surface area (Å²) in [4.78, 5) is 8.91. The first-order valence-electron chi connectivity index (χ1n) is 8.22. The van der Waals surface area contributed by atoms with Gasteiger partial charge in [0.1, 0.15) is 11.6 Å². The van der Waals surface area contributed by atoms with Gasteiger partial charge in [-0.15, -0.1) is 0 Å². The number of hydrogen-bond acceptors (Lipinski definition) is 4. The Morgan fingerprint density at radius 3 is 2.08 bits per heavy atom. The van der Waals surface area contributed by atoms with Gasteiger partial charge in [-0.25, -0.2) is 9.37 Å². The van der Waals surface area contributed by atoms with Gasteiger partial charge in [0.15, 0.2) is 0 Å². The van der Waals surface area contributed by atoms with Gasteiger partial charge in [0.25, 0.3) is 0 Å². The first kappa shape index (κ1) is 16.9. The molecule has 0 aliphatic carbocycles. The predicted octanol–water partition coefficient (Wildman–Crippen LogP) is 4.46. The van der Waals surface area contributed by atoms with Crippen molar-refractivity contribution in [2.75, 3.05) is 10.6 Å². The van der Waals surface area contributed by atoms with Crippen LogP contribution in [0.15, 0.2) is 54.6 Å². The molecule has 3 aromatic rings. The smallest absolute Gasteiger partial charge is 0.225 e. The minimum atomic E-state index is -0.232. The Balaban J connectivity index is 1.63. The molecule has 4 nitrogen and oxygen atoms in total. The van der Waals surface area contributed by atoms with Crippen LogP contribution in [0.1, 0.15) is 22.4 Å². The number of aromatic nitrogens is 2.